The quantitative estimate of drug-likeness (QED) is 0.530. The van der Waals surface area contributed by atoms with Gasteiger partial charge < -0.3 is 9.47 Å². The number of nitrogens with one attached hydrogen (secondary N) is 1. The van der Waals surface area contributed by atoms with E-state index in [1.807, 2.05) is 6.92 Å². The summed E-state index contributed by atoms with van der Waals surface area (Å²) in [6, 6.07) is -0.0576. The third kappa shape index (κ3) is 3.21. The summed E-state index contributed by atoms with van der Waals surface area (Å²) in [7, 11) is 0. The Balaban J connectivity index is 2.90. The molecule has 0 amide bonds. The molecule has 1 aliphatic rings. The summed E-state index contributed by atoms with van der Waals surface area (Å²) >= 11 is 0. The highest BCUT2D eigenvalue weighted by Crippen LogP contribution is 2.30. The largest absolute Gasteiger partial charge is 0.496 e. The molecule has 0 saturated heterocycles. The fourth-order valence-corrected chi connectivity index (χ4v) is 2.50. The Morgan fingerprint density at radius 2 is 2.18 bits per heavy atom. The van der Waals surface area contributed by atoms with Gasteiger partial charge in [-0.25, -0.2) is 5.43 Å². The van der Waals surface area contributed by atoms with Crippen molar-refractivity contribution in [3.8, 4) is 0 Å². The van der Waals surface area contributed by atoms with Crippen LogP contribution in [0.25, 0.3) is 0 Å². The second kappa shape index (κ2) is 6.99. The molecule has 0 aromatic carbocycles. The van der Waals surface area contributed by atoms with Crippen molar-refractivity contribution in [3.05, 3.63) is 11.8 Å². The van der Waals surface area contributed by atoms with E-state index < -0.39 is 0 Å². The standard InChI is InChI=1S/C13H26N2O2/c1-4-13(5-2,17-6-3)12(15-14)11-9-7-8-10-16-11/h9,12,15H,4-8,10,14H2,1-3H3. The molecule has 100 valence electrons. The molecule has 1 rings (SSSR count). The van der Waals surface area contributed by atoms with Gasteiger partial charge in [0.1, 0.15) is 11.8 Å². The van der Waals surface area contributed by atoms with Gasteiger partial charge in [-0.05, 0) is 38.7 Å². The van der Waals surface area contributed by atoms with E-state index in [4.69, 9.17) is 15.3 Å². The van der Waals surface area contributed by atoms with Gasteiger partial charge in [0.2, 0.25) is 0 Å². The Hall–Kier alpha value is -0.580. The van der Waals surface area contributed by atoms with Gasteiger partial charge in [0.15, 0.2) is 0 Å². The number of allylic oxidation sites excluding steroid dienone is 1. The van der Waals surface area contributed by atoms with Crippen LogP contribution in [0.2, 0.25) is 0 Å². The molecule has 3 N–H and O–H groups in total. The van der Waals surface area contributed by atoms with Gasteiger partial charge >= 0.3 is 0 Å². The molecule has 0 bridgehead atoms. The highest BCUT2D eigenvalue weighted by atomic mass is 16.5. The summed E-state index contributed by atoms with van der Waals surface area (Å²) in [6.45, 7) is 7.75. The molecule has 0 fully saturated rings. The van der Waals surface area contributed by atoms with E-state index in [2.05, 4.69) is 25.3 Å². The van der Waals surface area contributed by atoms with Gasteiger partial charge in [-0.2, -0.15) is 0 Å². The minimum Gasteiger partial charge on any atom is -0.496 e. The van der Waals surface area contributed by atoms with Crippen LogP contribution in [-0.2, 0) is 9.47 Å². The van der Waals surface area contributed by atoms with Crippen LogP contribution in [0.15, 0.2) is 11.8 Å². The smallest absolute Gasteiger partial charge is 0.113 e. The normalized spacial score (nSPS) is 18.5. The Kier molecular flexibility index (Phi) is 5.95. The second-order valence-electron chi connectivity index (χ2n) is 4.40. The van der Waals surface area contributed by atoms with Crippen LogP contribution in [0, 0.1) is 0 Å². The number of hydrogen-bond donors (Lipinski definition) is 2. The molecule has 0 aliphatic carbocycles. The lowest BCUT2D eigenvalue weighted by Gasteiger charge is -2.40. The average Bonchev–Trinajstić information content (AvgIpc) is 2.39. The first-order valence-electron chi connectivity index (χ1n) is 6.67. The molecule has 1 unspecified atom stereocenters. The highest BCUT2D eigenvalue weighted by Gasteiger charge is 2.39. The first kappa shape index (κ1) is 14.5. The van der Waals surface area contributed by atoms with Crippen molar-refractivity contribution in [1.29, 1.82) is 0 Å². The van der Waals surface area contributed by atoms with Gasteiger partial charge in [0, 0.05) is 6.61 Å². The van der Waals surface area contributed by atoms with Crippen LogP contribution in [0.3, 0.4) is 0 Å². The van der Waals surface area contributed by atoms with E-state index in [0.717, 1.165) is 38.0 Å². The second-order valence-corrected chi connectivity index (χ2v) is 4.40. The molecule has 0 aromatic rings. The van der Waals surface area contributed by atoms with Crippen molar-refractivity contribution in [3.63, 3.8) is 0 Å². The predicted octanol–water partition coefficient (Wildman–Crippen LogP) is 2.11. The molecule has 1 heterocycles. The Morgan fingerprint density at radius 3 is 2.59 bits per heavy atom. The van der Waals surface area contributed by atoms with Crippen LogP contribution in [0.5, 0.6) is 0 Å². The molecule has 0 saturated carbocycles. The molecule has 4 heteroatoms. The molecule has 0 radical (unpaired) electrons. The van der Waals surface area contributed by atoms with Crippen molar-refractivity contribution in [1.82, 2.24) is 5.43 Å². The van der Waals surface area contributed by atoms with E-state index in [0.29, 0.717) is 6.61 Å². The van der Waals surface area contributed by atoms with Crippen LogP contribution < -0.4 is 11.3 Å². The van der Waals surface area contributed by atoms with Crippen molar-refractivity contribution < 1.29 is 9.47 Å². The molecule has 17 heavy (non-hydrogen) atoms. The summed E-state index contributed by atoms with van der Waals surface area (Å²) in [6.07, 6.45) is 6.09. The van der Waals surface area contributed by atoms with Gasteiger partial charge in [0.05, 0.1) is 12.2 Å². The first-order chi connectivity index (χ1) is 8.24. The lowest BCUT2D eigenvalue weighted by molar-refractivity contribution is -0.0755. The SMILES string of the molecule is CCOC(CC)(CC)C(NN)C1=CCCCO1. The van der Waals surface area contributed by atoms with E-state index in [9.17, 15) is 0 Å². The van der Waals surface area contributed by atoms with Crippen LogP contribution >= 0.6 is 0 Å². The summed E-state index contributed by atoms with van der Waals surface area (Å²) in [5.74, 6) is 6.66. The molecular weight excluding hydrogens is 216 g/mol. The number of hydrazine groups is 1. The van der Waals surface area contributed by atoms with Gasteiger partial charge in [-0.3, -0.25) is 5.84 Å². The molecule has 4 nitrogen and oxygen atoms in total. The Labute approximate surface area is 105 Å². The van der Waals surface area contributed by atoms with Gasteiger partial charge in [0.25, 0.3) is 0 Å². The molecule has 0 spiro atoms. The molecule has 1 atom stereocenters. The van der Waals surface area contributed by atoms with E-state index >= 15 is 0 Å². The first-order valence-corrected chi connectivity index (χ1v) is 6.67. The Bertz CT molecular complexity index is 250. The van der Waals surface area contributed by atoms with Crippen LogP contribution in [-0.4, -0.2) is 24.9 Å². The molecule has 0 aromatic heterocycles. The zero-order chi connectivity index (χ0) is 12.7. The van der Waals surface area contributed by atoms with Crippen LogP contribution in [0.1, 0.15) is 46.5 Å². The number of rotatable bonds is 7. The maximum atomic E-state index is 5.97. The highest BCUT2D eigenvalue weighted by molar-refractivity contribution is 5.13. The van der Waals surface area contributed by atoms with E-state index in [1.165, 1.54) is 0 Å². The van der Waals surface area contributed by atoms with E-state index in [-0.39, 0.29) is 11.6 Å². The maximum absolute atomic E-state index is 5.97. The topological polar surface area (TPSA) is 56.5 Å². The zero-order valence-corrected chi connectivity index (χ0v) is 11.3. The molecule has 1 aliphatic heterocycles. The minimum atomic E-state index is -0.271. The summed E-state index contributed by atoms with van der Waals surface area (Å²) in [5, 5.41) is 0. The predicted molar refractivity (Wildman–Crippen MR) is 69.3 cm³/mol. The summed E-state index contributed by atoms with van der Waals surface area (Å²) in [5.41, 5.74) is 2.61. The van der Waals surface area contributed by atoms with Crippen LogP contribution in [0.4, 0.5) is 0 Å². The zero-order valence-electron chi connectivity index (χ0n) is 11.3. The number of ether oxygens (including phenoxy) is 2. The fourth-order valence-electron chi connectivity index (χ4n) is 2.50. The van der Waals surface area contributed by atoms with E-state index in [1.54, 1.807) is 0 Å². The summed E-state index contributed by atoms with van der Waals surface area (Å²) < 4.78 is 11.7. The maximum Gasteiger partial charge on any atom is 0.113 e. The Morgan fingerprint density at radius 1 is 1.47 bits per heavy atom. The monoisotopic (exact) mass is 242 g/mol. The van der Waals surface area contributed by atoms with Crippen molar-refractivity contribution >= 4 is 0 Å². The summed E-state index contributed by atoms with van der Waals surface area (Å²) in [4.78, 5) is 0. The third-order valence-corrected chi connectivity index (χ3v) is 3.57. The number of nitrogens with two attached hydrogens (primary N) is 1. The van der Waals surface area contributed by atoms with Crippen molar-refractivity contribution in [2.45, 2.75) is 58.1 Å². The van der Waals surface area contributed by atoms with Crippen molar-refractivity contribution in [2.75, 3.05) is 13.2 Å². The number of hydrogen-bond acceptors (Lipinski definition) is 4. The third-order valence-electron chi connectivity index (χ3n) is 3.57. The lowest BCUT2D eigenvalue weighted by Crippen LogP contribution is -2.56. The van der Waals surface area contributed by atoms with Crippen molar-refractivity contribution in [2.24, 2.45) is 5.84 Å². The minimum absolute atomic E-state index is 0.0576. The van der Waals surface area contributed by atoms with Gasteiger partial charge in [-0.1, -0.05) is 13.8 Å². The van der Waals surface area contributed by atoms with Gasteiger partial charge in [-0.15, -0.1) is 0 Å². The lowest BCUT2D eigenvalue weighted by atomic mass is 9.86. The fraction of sp³-hybridized carbons (Fsp3) is 0.846. The average molecular weight is 242 g/mol. The molecular formula is C13H26N2O2.